The van der Waals surface area contributed by atoms with Crippen LogP contribution < -0.4 is 5.73 Å². The zero-order chi connectivity index (χ0) is 10.0. The minimum Gasteiger partial charge on any atom is -0.321 e. The van der Waals surface area contributed by atoms with Crippen molar-refractivity contribution in [3.05, 3.63) is 46.2 Å². The van der Waals surface area contributed by atoms with Crippen molar-refractivity contribution in [2.75, 3.05) is 0 Å². The van der Waals surface area contributed by atoms with E-state index >= 15 is 0 Å². The Kier molecular flexibility index (Phi) is 3.31. The Morgan fingerprint density at radius 3 is 2.62 bits per heavy atom. The van der Waals surface area contributed by atoms with Crippen LogP contribution in [0.3, 0.4) is 0 Å². The van der Waals surface area contributed by atoms with Crippen LogP contribution in [-0.4, -0.2) is 0 Å². The largest absolute Gasteiger partial charge is 0.321 e. The van der Waals surface area contributed by atoms with Gasteiger partial charge in [0.1, 0.15) is 5.82 Å². The maximum Gasteiger partial charge on any atom is 0.142 e. The van der Waals surface area contributed by atoms with Crippen molar-refractivity contribution in [2.45, 2.75) is 6.04 Å². The van der Waals surface area contributed by atoms with E-state index in [4.69, 9.17) is 28.9 Å². The molecule has 0 aliphatic heterocycles. The van der Waals surface area contributed by atoms with Crippen molar-refractivity contribution in [3.8, 4) is 0 Å². The van der Waals surface area contributed by atoms with Crippen LogP contribution in [0.15, 0.2) is 24.8 Å². The first-order valence-corrected chi connectivity index (χ1v) is 4.35. The summed E-state index contributed by atoms with van der Waals surface area (Å²) in [7, 11) is 0. The molecule has 1 nitrogen and oxygen atoms in total. The number of nitrogens with two attached hydrogens (primary N) is 1. The Morgan fingerprint density at radius 2 is 2.08 bits per heavy atom. The second-order valence-corrected chi connectivity index (χ2v) is 3.30. The van der Waals surface area contributed by atoms with Crippen molar-refractivity contribution in [2.24, 2.45) is 5.73 Å². The minimum atomic E-state index is -0.546. The third-order valence-corrected chi connectivity index (χ3v) is 2.38. The lowest BCUT2D eigenvalue weighted by Crippen LogP contribution is -2.08. The lowest BCUT2D eigenvalue weighted by molar-refractivity contribution is 0.624. The molecule has 1 aromatic rings. The van der Waals surface area contributed by atoms with Gasteiger partial charge in [-0.15, -0.1) is 6.58 Å². The van der Waals surface area contributed by atoms with Crippen molar-refractivity contribution in [1.29, 1.82) is 0 Å². The number of hydrogen-bond acceptors (Lipinski definition) is 1. The van der Waals surface area contributed by atoms with E-state index in [0.29, 0.717) is 10.6 Å². The molecule has 0 fully saturated rings. The van der Waals surface area contributed by atoms with Gasteiger partial charge in [-0.05, 0) is 12.1 Å². The SMILES string of the molecule is C=CC(N)c1c(Cl)ccc(F)c1Cl. The number of halogens is 3. The third kappa shape index (κ3) is 2.02. The van der Waals surface area contributed by atoms with Gasteiger partial charge < -0.3 is 5.73 Å². The van der Waals surface area contributed by atoms with Crippen LogP contribution in [0, 0.1) is 5.82 Å². The summed E-state index contributed by atoms with van der Waals surface area (Å²) in [5.74, 6) is -0.529. The Balaban J connectivity index is 3.32. The molecule has 0 aliphatic carbocycles. The van der Waals surface area contributed by atoms with Crippen LogP contribution in [0.5, 0.6) is 0 Å². The Morgan fingerprint density at radius 1 is 1.46 bits per heavy atom. The second-order valence-electron chi connectivity index (χ2n) is 2.52. The summed E-state index contributed by atoms with van der Waals surface area (Å²) >= 11 is 11.5. The molecule has 1 rings (SSSR count). The van der Waals surface area contributed by atoms with Gasteiger partial charge >= 0.3 is 0 Å². The lowest BCUT2D eigenvalue weighted by atomic mass is 10.1. The number of rotatable bonds is 2. The first-order valence-electron chi connectivity index (χ1n) is 3.59. The number of benzene rings is 1. The first kappa shape index (κ1) is 10.5. The van der Waals surface area contributed by atoms with Gasteiger partial charge in [-0.3, -0.25) is 0 Å². The lowest BCUT2D eigenvalue weighted by Gasteiger charge is -2.11. The van der Waals surface area contributed by atoms with Gasteiger partial charge in [0.2, 0.25) is 0 Å². The summed E-state index contributed by atoms with van der Waals surface area (Å²) in [6, 6.07) is 2.07. The zero-order valence-electron chi connectivity index (χ0n) is 6.73. The van der Waals surface area contributed by atoms with Gasteiger partial charge in [0.25, 0.3) is 0 Å². The molecule has 0 aromatic heterocycles. The third-order valence-electron chi connectivity index (χ3n) is 1.67. The Labute approximate surface area is 85.9 Å². The predicted octanol–water partition coefficient (Wildman–Crippen LogP) is 3.32. The van der Waals surface area contributed by atoms with Gasteiger partial charge in [0.05, 0.1) is 11.1 Å². The van der Waals surface area contributed by atoms with Crippen LogP contribution >= 0.6 is 23.2 Å². The highest BCUT2D eigenvalue weighted by Crippen LogP contribution is 2.31. The van der Waals surface area contributed by atoms with E-state index in [-0.39, 0.29) is 5.02 Å². The minimum absolute atomic E-state index is 0.0418. The molecule has 0 saturated heterocycles. The summed E-state index contributed by atoms with van der Waals surface area (Å²) in [6.07, 6.45) is 1.45. The highest BCUT2D eigenvalue weighted by atomic mass is 35.5. The standard InChI is InChI=1S/C9H8Cl2FN/c1-2-7(13)8-5(10)3-4-6(12)9(8)11/h2-4,7H,1,13H2. The van der Waals surface area contributed by atoms with Crippen LogP contribution in [0.1, 0.15) is 11.6 Å². The van der Waals surface area contributed by atoms with E-state index in [1.54, 1.807) is 0 Å². The number of hydrogen-bond donors (Lipinski definition) is 1. The quantitative estimate of drug-likeness (QED) is 0.600. The molecule has 0 bridgehead atoms. The molecule has 70 valence electrons. The smallest absolute Gasteiger partial charge is 0.142 e. The summed E-state index contributed by atoms with van der Waals surface area (Å²) < 4.78 is 13.0. The average molecular weight is 220 g/mol. The van der Waals surface area contributed by atoms with E-state index in [1.807, 2.05) is 0 Å². The topological polar surface area (TPSA) is 26.0 Å². The monoisotopic (exact) mass is 219 g/mol. The van der Waals surface area contributed by atoms with Crippen molar-refractivity contribution >= 4 is 23.2 Å². The van der Waals surface area contributed by atoms with E-state index in [9.17, 15) is 4.39 Å². The maximum absolute atomic E-state index is 13.0. The molecular formula is C9H8Cl2FN. The van der Waals surface area contributed by atoms with Crippen LogP contribution in [0.4, 0.5) is 4.39 Å². The molecule has 13 heavy (non-hydrogen) atoms. The van der Waals surface area contributed by atoms with Gasteiger partial charge in [0, 0.05) is 10.6 Å². The molecule has 0 heterocycles. The molecule has 4 heteroatoms. The highest BCUT2D eigenvalue weighted by Gasteiger charge is 2.14. The fourth-order valence-electron chi connectivity index (χ4n) is 0.966. The maximum atomic E-state index is 13.0. The fraction of sp³-hybridized carbons (Fsp3) is 0.111. The second kappa shape index (κ2) is 4.09. The summed E-state index contributed by atoms with van der Waals surface area (Å²) in [5, 5.41) is 0.304. The molecule has 0 amide bonds. The molecule has 0 saturated carbocycles. The molecule has 1 atom stereocenters. The molecule has 0 spiro atoms. The van der Waals surface area contributed by atoms with Crippen LogP contribution in [0.2, 0.25) is 10.0 Å². The fourth-order valence-corrected chi connectivity index (χ4v) is 1.59. The summed E-state index contributed by atoms with van der Waals surface area (Å²) in [4.78, 5) is 0. The molecule has 1 aromatic carbocycles. The molecule has 2 N–H and O–H groups in total. The van der Waals surface area contributed by atoms with Crippen molar-refractivity contribution in [1.82, 2.24) is 0 Å². The Hall–Kier alpha value is -0.570. The van der Waals surface area contributed by atoms with Crippen LogP contribution in [0.25, 0.3) is 0 Å². The van der Waals surface area contributed by atoms with Gasteiger partial charge in [-0.2, -0.15) is 0 Å². The van der Waals surface area contributed by atoms with E-state index in [2.05, 4.69) is 6.58 Å². The molecule has 0 radical (unpaired) electrons. The predicted molar refractivity (Wildman–Crippen MR) is 53.5 cm³/mol. The zero-order valence-corrected chi connectivity index (χ0v) is 8.24. The first-order chi connectivity index (χ1) is 6.07. The molecular weight excluding hydrogens is 212 g/mol. The van der Waals surface area contributed by atoms with Gasteiger partial charge in [-0.1, -0.05) is 29.3 Å². The van der Waals surface area contributed by atoms with E-state index in [1.165, 1.54) is 18.2 Å². The highest BCUT2D eigenvalue weighted by molar-refractivity contribution is 6.36. The normalized spacial score (nSPS) is 12.6. The summed E-state index contributed by atoms with van der Waals surface area (Å²) in [6.45, 7) is 3.48. The Bertz CT molecular complexity index is 339. The van der Waals surface area contributed by atoms with Gasteiger partial charge in [0.15, 0.2) is 0 Å². The molecule has 1 unspecified atom stereocenters. The molecule has 0 aliphatic rings. The summed E-state index contributed by atoms with van der Waals surface area (Å²) in [5.41, 5.74) is 5.98. The van der Waals surface area contributed by atoms with E-state index in [0.717, 1.165) is 0 Å². The van der Waals surface area contributed by atoms with Crippen LogP contribution in [-0.2, 0) is 0 Å². The van der Waals surface area contributed by atoms with E-state index < -0.39 is 11.9 Å². The van der Waals surface area contributed by atoms with Gasteiger partial charge in [-0.25, -0.2) is 4.39 Å². The van der Waals surface area contributed by atoms with Crippen molar-refractivity contribution < 1.29 is 4.39 Å². The van der Waals surface area contributed by atoms with Crippen molar-refractivity contribution in [3.63, 3.8) is 0 Å². The average Bonchev–Trinajstić information content (AvgIpc) is 2.12.